The molecule has 35 heavy (non-hydrogen) atoms. The van der Waals surface area contributed by atoms with Gasteiger partial charge < -0.3 is 5.11 Å². The van der Waals surface area contributed by atoms with Crippen LogP contribution in [-0.4, -0.2) is 30.1 Å². The summed E-state index contributed by atoms with van der Waals surface area (Å²) in [6.07, 6.45) is 0. The fraction of sp³-hybridized carbons (Fsp3) is 0.0435. The predicted molar refractivity (Wildman–Crippen MR) is 127 cm³/mol. The van der Waals surface area contributed by atoms with Gasteiger partial charge >= 0.3 is 0 Å². The maximum absolute atomic E-state index is 13.1. The number of rotatable bonds is 5. The molecule has 1 amide bonds. The normalized spacial score (nSPS) is 17.5. The highest BCUT2D eigenvalue weighted by Gasteiger charge is 2.47. The third-order valence-corrected chi connectivity index (χ3v) is 6.61. The topological polar surface area (TPSA) is 161 Å². The molecule has 3 aromatic rings. The molecular weight excluding hydrogens is 498 g/mol. The van der Waals surface area contributed by atoms with Crippen molar-refractivity contribution < 1.29 is 28.0 Å². The fourth-order valence-electron chi connectivity index (χ4n) is 3.75. The van der Waals surface area contributed by atoms with E-state index in [1.165, 1.54) is 72.8 Å². The molecule has 1 atom stereocenters. The molecule has 0 radical (unpaired) electrons. The third-order valence-electron chi connectivity index (χ3n) is 5.43. The lowest BCUT2D eigenvalue weighted by molar-refractivity contribution is -0.384. The Morgan fingerprint density at radius 3 is 2.06 bits per heavy atom. The molecule has 1 aliphatic heterocycles. The number of Topliss-reactive ketones (excluding diaryl/α,β-unsaturated/α-hetero) is 1. The van der Waals surface area contributed by atoms with Crippen molar-refractivity contribution in [3.8, 4) is 0 Å². The molecule has 0 unspecified atom stereocenters. The molecule has 0 spiro atoms. The Kier molecular flexibility index (Phi) is 6.15. The number of aliphatic hydroxyl groups excluding tert-OH is 1. The number of halogens is 1. The number of nitro benzene ring substituents is 1. The van der Waals surface area contributed by atoms with Crippen LogP contribution in [-0.2, 0) is 19.6 Å². The first-order valence-corrected chi connectivity index (χ1v) is 11.9. The fourth-order valence-corrected chi connectivity index (χ4v) is 4.39. The molecule has 0 aliphatic carbocycles. The van der Waals surface area contributed by atoms with Crippen LogP contribution in [0.4, 0.5) is 11.4 Å². The number of carbonyl (C=O) groups excluding carboxylic acids is 2. The smallest absolute Gasteiger partial charge is 0.300 e. The van der Waals surface area contributed by atoms with Crippen LogP contribution in [0.1, 0.15) is 17.2 Å². The number of nitro groups is 1. The van der Waals surface area contributed by atoms with E-state index in [1.54, 1.807) is 0 Å². The van der Waals surface area contributed by atoms with Crippen molar-refractivity contribution in [2.45, 2.75) is 10.9 Å². The molecule has 0 aromatic heterocycles. The van der Waals surface area contributed by atoms with Crippen LogP contribution in [0.5, 0.6) is 0 Å². The molecule has 0 saturated carbocycles. The molecule has 10 nitrogen and oxygen atoms in total. The van der Waals surface area contributed by atoms with Gasteiger partial charge in [-0.05, 0) is 66.2 Å². The van der Waals surface area contributed by atoms with Gasteiger partial charge in [0.2, 0.25) is 10.0 Å². The Morgan fingerprint density at radius 1 is 0.971 bits per heavy atom. The molecule has 3 N–H and O–H groups in total. The molecule has 1 fully saturated rings. The van der Waals surface area contributed by atoms with Gasteiger partial charge in [-0.2, -0.15) is 0 Å². The van der Waals surface area contributed by atoms with Gasteiger partial charge in [0.25, 0.3) is 17.4 Å². The first kappa shape index (κ1) is 24.1. The van der Waals surface area contributed by atoms with Gasteiger partial charge in [-0.3, -0.25) is 24.6 Å². The Labute approximate surface area is 204 Å². The van der Waals surface area contributed by atoms with E-state index >= 15 is 0 Å². The Balaban J connectivity index is 1.92. The molecule has 12 heteroatoms. The monoisotopic (exact) mass is 513 g/mol. The van der Waals surface area contributed by atoms with E-state index in [4.69, 9.17) is 16.7 Å². The van der Waals surface area contributed by atoms with Crippen LogP contribution in [0.25, 0.3) is 5.76 Å². The highest BCUT2D eigenvalue weighted by Crippen LogP contribution is 2.42. The van der Waals surface area contributed by atoms with Gasteiger partial charge in [-0.15, -0.1) is 0 Å². The summed E-state index contributed by atoms with van der Waals surface area (Å²) in [7, 11) is -4.00. The van der Waals surface area contributed by atoms with E-state index in [9.17, 15) is 33.2 Å². The second-order valence-corrected chi connectivity index (χ2v) is 9.56. The van der Waals surface area contributed by atoms with E-state index in [2.05, 4.69) is 0 Å². The minimum Gasteiger partial charge on any atom is -0.507 e. The SMILES string of the molecule is NS(=O)(=O)c1ccc(N2C(=O)C(=O)C(=C(O)c3ccc(Cl)cc3)[C@@H]2c2ccc([N+](=O)[O-])cc2)cc1. The van der Waals surface area contributed by atoms with Crippen molar-refractivity contribution in [1.82, 2.24) is 0 Å². The number of sulfonamides is 1. The van der Waals surface area contributed by atoms with E-state index in [-0.39, 0.29) is 27.4 Å². The number of carbonyl (C=O) groups is 2. The number of primary sulfonamides is 1. The minimum absolute atomic E-state index is 0.151. The standard InChI is InChI=1S/C23H16ClN3O7S/c24-15-5-1-14(2-6-15)21(28)19-20(13-3-7-17(8-4-13)27(31)32)26(23(30)22(19)29)16-9-11-18(12-10-16)35(25,33)34/h1-12,20,28H,(H2,25,33,34)/t20-/m0/s1. The van der Waals surface area contributed by atoms with Crippen molar-refractivity contribution in [1.29, 1.82) is 0 Å². The summed E-state index contributed by atoms with van der Waals surface area (Å²) in [5, 5.41) is 27.6. The summed E-state index contributed by atoms with van der Waals surface area (Å²) in [5.41, 5.74) is 0.227. The number of ketones is 1. The number of aliphatic hydroxyl groups is 1. The van der Waals surface area contributed by atoms with Gasteiger partial charge in [0.1, 0.15) is 5.76 Å². The lowest BCUT2D eigenvalue weighted by atomic mass is 9.95. The van der Waals surface area contributed by atoms with Crippen LogP contribution < -0.4 is 10.0 Å². The summed E-state index contributed by atoms with van der Waals surface area (Å²) in [6, 6.07) is 14.9. The van der Waals surface area contributed by atoms with E-state index < -0.39 is 38.4 Å². The number of nitrogens with zero attached hydrogens (tertiary/aromatic N) is 2. The zero-order valence-corrected chi connectivity index (χ0v) is 19.2. The molecule has 1 aliphatic rings. The van der Waals surface area contributed by atoms with E-state index in [0.717, 1.165) is 4.90 Å². The maximum atomic E-state index is 13.1. The summed E-state index contributed by atoms with van der Waals surface area (Å²) in [5.74, 6) is -2.43. The Bertz CT molecular complexity index is 1480. The summed E-state index contributed by atoms with van der Waals surface area (Å²) in [4.78, 5) is 37.6. The number of anilines is 1. The minimum atomic E-state index is -4.00. The number of hydrogen-bond donors (Lipinski definition) is 2. The first-order valence-electron chi connectivity index (χ1n) is 9.93. The maximum Gasteiger partial charge on any atom is 0.300 e. The Morgan fingerprint density at radius 2 is 1.54 bits per heavy atom. The molecule has 178 valence electrons. The molecule has 1 heterocycles. The van der Waals surface area contributed by atoms with E-state index in [1.807, 2.05) is 0 Å². The summed E-state index contributed by atoms with van der Waals surface area (Å²) < 4.78 is 23.2. The summed E-state index contributed by atoms with van der Waals surface area (Å²) in [6.45, 7) is 0. The number of non-ortho nitro benzene ring substituents is 1. The van der Waals surface area contributed by atoms with E-state index in [0.29, 0.717) is 10.6 Å². The predicted octanol–water partition coefficient (Wildman–Crippen LogP) is 3.52. The van der Waals surface area contributed by atoms with Crippen LogP contribution in [0.15, 0.2) is 83.3 Å². The average Bonchev–Trinajstić information content (AvgIpc) is 3.09. The Hall–Kier alpha value is -4.06. The largest absolute Gasteiger partial charge is 0.507 e. The molecule has 4 rings (SSSR count). The molecule has 1 saturated heterocycles. The highest BCUT2D eigenvalue weighted by molar-refractivity contribution is 7.89. The van der Waals surface area contributed by atoms with Gasteiger partial charge in [0.15, 0.2) is 0 Å². The van der Waals surface area contributed by atoms with Crippen molar-refractivity contribution in [2.24, 2.45) is 5.14 Å². The van der Waals surface area contributed by atoms with Crippen LogP contribution >= 0.6 is 11.6 Å². The lowest BCUT2D eigenvalue weighted by Gasteiger charge is -2.25. The lowest BCUT2D eigenvalue weighted by Crippen LogP contribution is -2.29. The van der Waals surface area contributed by atoms with Crippen molar-refractivity contribution in [3.63, 3.8) is 0 Å². The van der Waals surface area contributed by atoms with Gasteiger partial charge in [0, 0.05) is 28.4 Å². The number of nitrogens with two attached hydrogens (primary N) is 1. The zero-order valence-electron chi connectivity index (χ0n) is 17.7. The second-order valence-electron chi connectivity index (χ2n) is 7.56. The van der Waals surface area contributed by atoms with Crippen LogP contribution in [0, 0.1) is 10.1 Å². The molecule has 0 bridgehead atoms. The average molecular weight is 514 g/mol. The third kappa shape index (κ3) is 4.52. The number of benzene rings is 3. The highest BCUT2D eigenvalue weighted by atomic mass is 35.5. The van der Waals surface area contributed by atoms with Crippen molar-refractivity contribution in [3.05, 3.63) is 105 Å². The second kappa shape index (κ2) is 8.95. The number of amides is 1. The van der Waals surface area contributed by atoms with Crippen molar-refractivity contribution >= 4 is 50.4 Å². The summed E-state index contributed by atoms with van der Waals surface area (Å²) >= 11 is 5.91. The van der Waals surface area contributed by atoms with Crippen LogP contribution in [0.2, 0.25) is 5.02 Å². The quantitative estimate of drug-likeness (QED) is 0.173. The van der Waals surface area contributed by atoms with Crippen LogP contribution in [0.3, 0.4) is 0 Å². The van der Waals surface area contributed by atoms with Gasteiger partial charge in [-0.1, -0.05) is 11.6 Å². The first-order chi connectivity index (χ1) is 16.5. The zero-order chi connectivity index (χ0) is 25.5. The number of hydrogen-bond acceptors (Lipinski definition) is 7. The molecule has 3 aromatic carbocycles. The van der Waals surface area contributed by atoms with Gasteiger partial charge in [0.05, 0.1) is 21.4 Å². The molecular formula is C23H16ClN3O7S. The van der Waals surface area contributed by atoms with Crippen molar-refractivity contribution in [2.75, 3.05) is 4.90 Å². The van der Waals surface area contributed by atoms with Gasteiger partial charge in [-0.25, -0.2) is 13.6 Å².